The van der Waals surface area contributed by atoms with E-state index in [0.29, 0.717) is 57.2 Å². The average Bonchev–Trinajstić information content (AvgIpc) is 3.46. The van der Waals surface area contributed by atoms with Gasteiger partial charge in [0.1, 0.15) is 5.82 Å². The third-order valence-corrected chi connectivity index (χ3v) is 8.07. The second-order valence-corrected chi connectivity index (χ2v) is 10.4. The number of carbonyl (C=O) groups excluding carboxylic acids is 2. The molecule has 10 nitrogen and oxygen atoms in total. The topological polar surface area (TPSA) is 111 Å². The fraction of sp³-hybridized carbons (Fsp3) is 0.591. The van der Waals surface area contributed by atoms with E-state index in [-0.39, 0.29) is 17.2 Å². The van der Waals surface area contributed by atoms with Crippen LogP contribution in [0.2, 0.25) is 0 Å². The number of benzene rings is 1. The first-order valence-corrected chi connectivity index (χ1v) is 12.7. The van der Waals surface area contributed by atoms with Gasteiger partial charge in [-0.3, -0.25) is 9.59 Å². The molecule has 0 bridgehead atoms. The fourth-order valence-corrected chi connectivity index (χ4v) is 5.69. The third kappa shape index (κ3) is 5.04. The van der Waals surface area contributed by atoms with Crippen molar-refractivity contribution in [1.29, 1.82) is 0 Å². The summed E-state index contributed by atoms with van der Waals surface area (Å²) >= 11 is 0. The Balaban J connectivity index is 1.41. The molecule has 1 aromatic heterocycles. The van der Waals surface area contributed by atoms with Crippen molar-refractivity contribution >= 4 is 32.9 Å². The molecular weight excluding hydrogens is 448 g/mol. The van der Waals surface area contributed by atoms with E-state index in [2.05, 4.69) is 4.98 Å². The highest BCUT2D eigenvalue weighted by Crippen LogP contribution is 2.23. The molecule has 0 N–H and O–H groups in total. The second-order valence-electron chi connectivity index (χ2n) is 8.42. The number of imidazole rings is 1. The first-order chi connectivity index (χ1) is 15.8. The van der Waals surface area contributed by atoms with Gasteiger partial charge >= 0.3 is 5.97 Å². The van der Waals surface area contributed by atoms with Crippen molar-refractivity contribution in [1.82, 2.24) is 18.8 Å². The summed E-state index contributed by atoms with van der Waals surface area (Å²) in [5, 5.41) is 0. The van der Waals surface area contributed by atoms with E-state index in [4.69, 9.17) is 9.47 Å². The molecule has 3 heterocycles. The minimum Gasteiger partial charge on any atom is -0.453 e. The number of fused-ring (bicyclic) bond motifs is 1. The minimum absolute atomic E-state index is 0.0771. The number of amides is 1. The highest BCUT2D eigenvalue weighted by Gasteiger charge is 2.28. The summed E-state index contributed by atoms with van der Waals surface area (Å²) in [5.74, 6) is 0.0247. The molecule has 0 aliphatic carbocycles. The van der Waals surface area contributed by atoms with Crippen LogP contribution >= 0.6 is 0 Å². The van der Waals surface area contributed by atoms with E-state index in [1.807, 2.05) is 11.6 Å². The van der Waals surface area contributed by atoms with Crippen molar-refractivity contribution in [3.63, 3.8) is 0 Å². The Morgan fingerprint density at radius 3 is 2.55 bits per heavy atom. The quantitative estimate of drug-likeness (QED) is 0.548. The molecule has 180 valence electrons. The zero-order valence-corrected chi connectivity index (χ0v) is 19.8. The normalized spacial score (nSPS) is 18.5. The number of likely N-dealkylation sites (tertiary alicyclic amines) is 1. The van der Waals surface area contributed by atoms with Gasteiger partial charge in [0.25, 0.3) is 5.91 Å². The maximum absolute atomic E-state index is 12.9. The van der Waals surface area contributed by atoms with E-state index >= 15 is 0 Å². The van der Waals surface area contributed by atoms with Crippen LogP contribution in [0.1, 0.15) is 32.0 Å². The maximum Gasteiger partial charge on any atom is 0.307 e. The first-order valence-electron chi connectivity index (χ1n) is 11.3. The van der Waals surface area contributed by atoms with Gasteiger partial charge in [-0.1, -0.05) is 0 Å². The molecule has 1 aromatic carbocycles. The van der Waals surface area contributed by atoms with Gasteiger partial charge in [0.15, 0.2) is 6.10 Å². The Labute approximate surface area is 193 Å². The highest BCUT2D eigenvalue weighted by molar-refractivity contribution is 7.89. The van der Waals surface area contributed by atoms with Gasteiger partial charge in [0, 0.05) is 39.6 Å². The van der Waals surface area contributed by atoms with E-state index in [1.54, 1.807) is 30.0 Å². The van der Waals surface area contributed by atoms with E-state index in [0.717, 1.165) is 18.4 Å². The number of rotatable bonds is 7. The van der Waals surface area contributed by atoms with Crippen LogP contribution in [0.5, 0.6) is 0 Å². The number of morpholine rings is 1. The van der Waals surface area contributed by atoms with Crippen molar-refractivity contribution in [3.8, 4) is 0 Å². The molecule has 0 spiro atoms. The highest BCUT2D eigenvalue weighted by atomic mass is 32.2. The smallest absolute Gasteiger partial charge is 0.307 e. The number of nitrogens with zero attached hydrogens (tertiary/aromatic N) is 4. The van der Waals surface area contributed by atoms with Crippen LogP contribution in [0.15, 0.2) is 23.1 Å². The molecular formula is C22H30N4O6S. The summed E-state index contributed by atoms with van der Waals surface area (Å²) in [5.41, 5.74) is 1.32. The van der Waals surface area contributed by atoms with Gasteiger partial charge in [0.05, 0.1) is 35.6 Å². The molecule has 4 rings (SSSR count). The van der Waals surface area contributed by atoms with Crippen molar-refractivity contribution in [2.45, 2.75) is 43.6 Å². The number of ether oxygens (including phenoxy) is 2. The van der Waals surface area contributed by atoms with Gasteiger partial charge in [-0.2, -0.15) is 4.31 Å². The molecule has 0 saturated carbocycles. The fourth-order valence-electron chi connectivity index (χ4n) is 4.26. The number of hydrogen-bond acceptors (Lipinski definition) is 7. The number of carbonyl (C=O) groups is 2. The third-order valence-electron chi connectivity index (χ3n) is 6.18. The van der Waals surface area contributed by atoms with E-state index in [1.165, 1.54) is 4.31 Å². The Bertz CT molecular complexity index is 1130. The number of aromatic nitrogens is 2. The van der Waals surface area contributed by atoms with Crippen molar-refractivity contribution in [2.75, 3.05) is 39.4 Å². The number of hydrogen-bond donors (Lipinski definition) is 0. The molecule has 11 heteroatoms. The Morgan fingerprint density at radius 2 is 1.85 bits per heavy atom. The van der Waals surface area contributed by atoms with Crippen LogP contribution in [0.25, 0.3) is 11.0 Å². The lowest BCUT2D eigenvalue weighted by atomic mass is 10.3. The minimum atomic E-state index is -3.62. The summed E-state index contributed by atoms with van der Waals surface area (Å²) in [6.07, 6.45) is 1.56. The summed E-state index contributed by atoms with van der Waals surface area (Å²) in [4.78, 5) is 31.1. The second kappa shape index (κ2) is 9.78. The number of sulfonamides is 1. The van der Waals surface area contributed by atoms with Gasteiger partial charge in [-0.25, -0.2) is 13.4 Å². The van der Waals surface area contributed by atoms with Crippen molar-refractivity contribution in [2.24, 2.45) is 7.05 Å². The Hall–Kier alpha value is -2.50. The molecule has 2 aromatic rings. The van der Waals surface area contributed by atoms with Crippen LogP contribution in [-0.4, -0.2) is 84.5 Å². The van der Waals surface area contributed by atoms with E-state index in [9.17, 15) is 18.0 Å². The lowest BCUT2D eigenvalue weighted by Gasteiger charge is -2.26. The largest absolute Gasteiger partial charge is 0.453 e. The van der Waals surface area contributed by atoms with Crippen LogP contribution in [0, 0.1) is 0 Å². The molecule has 1 unspecified atom stereocenters. The van der Waals surface area contributed by atoms with Crippen LogP contribution in [0.4, 0.5) is 0 Å². The summed E-state index contributed by atoms with van der Waals surface area (Å²) in [6, 6.07) is 4.88. The van der Waals surface area contributed by atoms with Crippen LogP contribution in [-0.2, 0) is 42.6 Å². The summed E-state index contributed by atoms with van der Waals surface area (Å²) < 4.78 is 39.7. The molecule has 1 atom stereocenters. The molecule has 2 fully saturated rings. The number of aryl methyl sites for hydroxylation is 2. The maximum atomic E-state index is 12.9. The van der Waals surface area contributed by atoms with E-state index < -0.39 is 22.1 Å². The lowest BCUT2D eigenvalue weighted by Crippen LogP contribution is -2.40. The zero-order chi connectivity index (χ0) is 23.6. The average molecular weight is 479 g/mol. The molecule has 33 heavy (non-hydrogen) atoms. The Kier molecular flexibility index (Phi) is 7.01. The van der Waals surface area contributed by atoms with Crippen molar-refractivity contribution < 1.29 is 27.5 Å². The van der Waals surface area contributed by atoms with Crippen LogP contribution < -0.4 is 0 Å². The zero-order valence-electron chi connectivity index (χ0n) is 19.0. The van der Waals surface area contributed by atoms with Crippen LogP contribution in [0.3, 0.4) is 0 Å². The van der Waals surface area contributed by atoms with Gasteiger partial charge in [0.2, 0.25) is 10.0 Å². The summed E-state index contributed by atoms with van der Waals surface area (Å²) in [7, 11) is -1.79. The first kappa shape index (κ1) is 23.7. The van der Waals surface area contributed by atoms with Gasteiger partial charge in [-0.05, 0) is 38.0 Å². The monoisotopic (exact) mass is 478 g/mol. The SMILES string of the molecule is CC(OC(=O)CCc1nc2cc(S(=O)(=O)N3CCOCC3)ccc2n1C)C(=O)N1CCCC1. The van der Waals surface area contributed by atoms with Gasteiger partial charge in [-0.15, -0.1) is 0 Å². The molecule has 2 saturated heterocycles. The Morgan fingerprint density at radius 1 is 1.15 bits per heavy atom. The molecule has 2 aliphatic heterocycles. The predicted octanol–water partition coefficient (Wildman–Crippen LogP) is 1.08. The standard InChI is InChI=1S/C22H30N4O6S/c1-16(22(28)25-9-3-4-10-25)32-21(27)8-7-20-23-18-15-17(5-6-19(18)24(20)2)33(29,30)26-11-13-31-14-12-26/h5-6,15-16H,3-4,7-14H2,1-2H3. The van der Waals surface area contributed by atoms with Gasteiger partial charge < -0.3 is 18.9 Å². The molecule has 0 radical (unpaired) electrons. The molecule has 1 amide bonds. The summed E-state index contributed by atoms with van der Waals surface area (Å²) in [6.45, 7) is 4.45. The van der Waals surface area contributed by atoms with Crippen molar-refractivity contribution in [3.05, 3.63) is 24.0 Å². The number of esters is 1. The predicted molar refractivity (Wildman–Crippen MR) is 120 cm³/mol. The lowest BCUT2D eigenvalue weighted by molar-refractivity contribution is -0.158. The molecule has 2 aliphatic rings.